The van der Waals surface area contributed by atoms with Gasteiger partial charge in [0.15, 0.2) is 0 Å². The smallest absolute Gasteiger partial charge is 0.233 e. The molecular weight excluding hydrogens is 292 g/mol. The maximum Gasteiger partial charge on any atom is 0.233 e. The summed E-state index contributed by atoms with van der Waals surface area (Å²) in [6, 6.07) is 6.90. The fourth-order valence-electron chi connectivity index (χ4n) is 2.09. The molecule has 23 heavy (non-hydrogen) atoms. The van der Waals surface area contributed by atoms with Crippen LogP contribution in [0, 0.1) is 12.3 Å². The first kappa shape index (κ1) is 18.7. The average Bonchev–Trinajstić information content (AvgIpc) is 2.44. The largest absolute Gasteiger partial charge is 0.371 e. The molecule has 5 nitrogen and oxygen atoms in total. The number of rotatable bonds is 7. The minimum Gasteiger partial charge on any atom is -0.371 e. The lowest BCUT2D eigenvalue weighted by Gasteiger charge is -2.28. The van der Waals surface area contributed by atoms with E-state index in [9.17, 15) is 9.59 Å². The van der Waals surface area contributed by atoms with Gasteiger partial charge in [-0.15, -0.1) is 6.42 Å². The average molecular weight is 316 g/mol. The van der Waals surface area contributed by atoms with E-state index in [1.807, 2.05) is 27.7 Å². The zero-order valence-electron chi connectivity index (χ0n) is 14.1. The molecule has 124 valence electrons. The molecule has 1 aromatic carbocycles. The third-order valence-corrected chi connectivity index (χ3v) is 2.90. The Balaban J connectivity index is 2.45. The molecule has 0 spiro atoms. The van der Waals surface area contributed by atoms with Gasteiger partial charge in [-0.2, -0.15) is 0 Å². The van der Waals surface area contributed by atoms with Crippen molar-refractivity contribution in [3.05, 3.63) is 29.8 Å². The Kier molecular flexibility index (Phi) is 6.80. The van der Waals surface area contributed by atoms with Gasteiger partial charge in [0.1, 0.15) is 6.42 Å². The van der Waals surface area contributed by atoms with Crippen LogP contribution in [0.15, 0.2) is 24.3 Å². The van der Waals surface area contributed by atoms with Crippen LogP contribution in [-0.2, 0) is 14.3 Å². The molecule has 0 saturated carbocycles. The number of carbonyl (C=O) groups excluding carboxylic acids is 2. The van der Waals surface area contributed by atoms with E-state index in [2.05, 4.69) is 16.6 Å². The van der Waals surface area contributed by atoms with Crippen LogP contribution in [0.2, 0.25) is 0 Å². The highest BCUT2D eigenvalue weighted by Gasteiger charge is 2.21. The van der Waals surface area contributed by atoms with E-state index >= 15 is 0 Å². The summed E-state index contributed by atoms with van der Waals surface area (Å²) in [5, 5.41) is 5.36. The number of benzene rings is 1. The molecule has 2 N–H and O–H groups in total. The molecule has 2 amide bonds. The summed E-state index contributed by atoms with van der Waals surface area (Å²) in [7, 11) is 0. The summed E-state index contributed by atoms with van der Waals surface area (Å²) in [5.74, 6) is 1.75. The highest BCUT2D eigenvalue weighted by Crippen LogP contribution is 2.11. The van der Waals surface area contributed by atoms with Crippen molar-refractivity contribution < 1.29 is 14.3 Å². The minimum absolute atomic E-state index is 0.0635. The highest BCUT2D eigenvalue weighted by molar-refractivity contribution is 6.03. The van der Waals surface area contributed by atoms with Gasteiger partial charge in [0.05, 0.1) is 11.7 Å². The lowest BCUT2D eigenvalue weighted by atomic mass is 10.1. The maximum absolute atomic E-state index is 11.9. The Hall–Kier alpha value is -2.32. The molecule has 0 atom stereocenters. The third kappa shape index (κ3) is 7.48. The predicted molar refractivity (Wildman–Crippen MR) is 90.9 cm³/mol. The standard InChI is InChI=1S/C18H24N2O3/c1-6-14-8-7-9-15(10-14)20-17(22)11-16(21)19-12-18(4,5)23-13(2)3/h1,7-10,13H,11-12H2,2-5H3,(H,19,21)(H,20,22). The van der Waals surface area contributed by atoms with Crippen LogP contribution >= 0.6 is 0 Å². The van der Waals surface area contributed by atoms with Crippen LogP contribution in [0.5, 0.6) is 0 Å². The molecule has 0 fully saturated rings. The molecule has 0 saturated heterocycles. The molecule has 0 bridgehead atoms. The van der Waals surface area contributed by atoms with Gasteiger partial charge in [-0.25, -0.2) is 0 Å². The Labute approximate surface area is 137 Å². The molecule has 0 heterocycles. The van der Waals surface area contributed by atoms with E-state index in [1.54, 1.807) is 24.3 Å². The molecule has 0 unspecified atom stereocenters. The van der Waals surface area contributed by atoms with Gasteiger partial charge >= 0.3 is 0 Å². The van der Waals surface area contributed by atoms with Crippen LogP contribution in [0.4, 0.5) is 5.69 Å². The van der Waals surface area contributed by atoms with Crippen LogP contribution in [0.3, 0.4) is 0 Å². The molecule has 0 aliphatic rings. The third-order valence-electron chi connectivity index (χ3n) is 2.90. The van der Waals surface area contributed by atoms with E-state index in [1.165, 1.54) is 0 Å². The summed E-state index contributed by atoms with van der Waals surface area (Å²) in [5.41, 5.74) is 0.753. The summed E-state index contributed by atoms with van der Waals surface area (Å²) in [4.78, 5) is 23.7. The SMILES string of the molecule is C#Cc1cccc(NC(=O)CC(=O)NCC(C)(C)OC(C)C)c1. The van der Waals surface area contributed by atoms with Gasteiger partial charge in [0, 0.05) is 17.8 Å². The fraction of sp³-hybridized carbons (Fsp3) is 0.444. The van der Waals surface area contributed by atoms with Gasteiger partial charge in [-0.3, -0.25) is 9.59 Å². The van der Waals surface area contributed by atoms with Crippen molar-refractivity contribution in [1.82, 2.24) is 5.32 Å². The first-order chi connectivity index (χ1) is 10.7. The van der Waals surface area contributed by atoms with Crippen molar-refractivity contribution in [3.8, 4) is 12.3 Å². The van der Waals surface area contributed by atoms with Gasteiger partial charge in [0.2, 0.25) is 11.8 Å². The Morgan fingerprint density at radius 2 is 2.00 bits per heavy atom. The first-order valence-corrected chi connectivity index (χ1v) is 7.53. The van der Waals surface area contributed by atoms with Crippen LogP contribution < -0.4 is 10.6 Å². The molecule has 0 aromatic heterocycles. The number of amides is 2. The molecule has 0 aliphatic heterocycles. The highest BCUT2D eigenvalue weighted by atomic mass is 16.5. The zero-order chi connectivity index (χ0) is 17.5. The second-order valence-electron chi connectivity index (χ2n) is 6.15. The molecule has 0 radical (unpaired) electrons. The van der Waals surface area contributed by atoms with Crippen LogP contribution in [-0.4, -0.2) is 30.1 Å². The zero-order valence-corrected chi connectivity index (χ0v) is 14.1. The molecule has 5 heteroatoms. The Bertz CT molecular complexity index is 601. The maximum atomic E-state index is 11.9. The van der Waals surface area contributed by atoms with E-state index in [4.69, 9.17) is 11.2 Å². The normalized spacial score (nSPS) is 11.0. The lowest BCUT2D eigenvalue weighted by Crippen LogP contribution is -2.42. The van der Waals surface area contributed by atoms with Crippen molar-refractivity contribution in [2.45, 2.75) is 45.8 Å². The topological polar surface area (TPSA) is 67.4 Å². The second kappa shape index (κ2) is 8.35. The van der Waals surface area contributed by atoms with E-state index in [-0.39, 0.29) is 24.3 Å². The molecule has 1 aromatic rings. The van der Waals surface area contributed by atoms with Crippen molar-refractivity contribution in [2.75, 3.05) is 11.9 Å². The van der Waals surface area contributed by atoms with E-state index in [0.29, 0.717) is 17.8 Å². The summed E-state index contributed by atoms with van der Waals surface area (Å²) in [6.07, 6.45) is 5.12. The minimum atomic E-state index is -0.485. The Morgan fingerprint density at radius 3 is 2.61 bits per heavy atom. The molecular formula is C18H24N2O3. The fourth-order valence-corrected chi connectivity index (χ4v) is 2.09. The number of hydrogen-bond acceptors (Lipinski definition) is 3. The predicted octanol–water partition coefficient (Wildman–Crippen LogP) is 2.32. The number of ether oxygens (including phenoxy) is 1. The lowest BCUT2D eigenvalue weighted by molar-refractivity contribution is -0.128. The summed E-state index contributed by atoms with van der Waals surface area (Å²) < 4.78 is 5.68. The van der Waals surface area contributed by atoms with E-state index < -0.39 is 5.60 Å². The van der Waals surface area contributed by atoms with Crippen LogP contribution in [0.25, 0.3) is 0 Å². The van der Waals surface area contributed by atoms with E-state index in [0.717, 1.165) is 0 Å². The first-order valence-electron chi connectivity index (χ1n) is 7.53. The second-order valence-corrected chi connectivity index (χ2v) is 6.15. The number of anilines is 1. The number of carbonyl (C=O) groups is 2. The quantitative estimate of drug-likeness (QED) is 0.599. The summed E-state index contributed by atoms with van der Waals surface area (Å²) in [6.45, 7) is 7.98. The van der Waals surface area contributed by atoms with Crippen molar-refractivity contribution in [3.63, 3.8) is 0 Å². The van der Waals surface area contributed by atoms with Crippen LogP contribution in [0.1, 0.15) is 39.7 Å². The monoisotopic (exact) mass is 316 g/mol. The molecule has 0 aliphatic carbocycles. The molecule has 1 rings (SSSR count). The van der Waals surface area contributed by atoms with Crippen molar-refractivity contribution in [2.24, 2.45) is 0 Å². The Morgan fingerprint density at radius 1 is 1.30 bits per heavy atom. The van der Waals surface area contributed by atoms with Gasteiger partial charge in [-0.1, -0.05) is 12.0 Å². The van der Waals surface area contributed by atoms with Crippen molar-refractivity contribution in [1.29, 1.82) is 0 Å². The van der Waals surface area contributed by atoms with Crippen molar-refractivity contribution >= 4 is 17.5 Å². The number of nitrogens with one attached hydrogen (secondary N) is 2. The summed E-state index contributed by atoms with van der Waals surface area (Å²) >= 11 is 0. The van der Waals surface area contributed by atoms with Gasteiger partial charge in [0.25, 0.3) is 0 Å². The van der Waals surface area contributed by atoms with Gasteiger partial charge < -0.3 is 15.4 Å². The number of hydrogen-bond donors (Lipinski definition) is 2. The number of terminal acetylenes is 1. The van der Waals surface area contributed by atoms with Gasteiger partial charge in [-0.05, 0) is 45.9 Å².